The van der Waals surface area contributed by atoms with Crippen molar-refractivity contribution in [3.63, 3.8) is 0 Å². The van der Waals surface area contributed by atoms with Crippen LogP contribution in [0.4, 0.5) is 0 Å². The molecule has 1 unspecified atom stereocenters. The van der Waals surface area contributed by atoms with Crippen molar-refractivity contribution in [2.45, 2.75) is 168 Å². The van der Waals surface area contributed by atoms with Gasteiger partial charge >= 0.3 is 11.9 Å². The highest BCUT2D eigenvalue weighted by atomic mass is 16.5. The lowest BCUT2D eigenvalue weighted by molar-refractivity contribution is -0.153. The lowest BCUT2D eigenvalue weighted by Crippen LogP contribution is -2.21. The van der Waals surface area contributed by atoms with Crippen LogP contribution in [0.15, 0.2) is 12.2 Å². The van der Waals surface area contributed by atoms with Gasteiger partial charge in [0, 0.05) is 0 Å². The molecular weight excluding hydrogens is 448 g/mol. The summed E-state index contributed by atoms with van der Waals surface area (Å²) in [5, 5.41) is 9.03. The molecule has 1 atom stereocenters. The van der Waals surface area contributed by atoms with Crippen molar-refractivity contribution in [1.29, 1.82) is 0 Å². The first-order valence-electron chi connectivity index (χ1n) is 15.6. The smallest absolute Gasteiger partial charge is 0.309 e. The Labute approximate surface area is 224 Å². The van der Waals surface area contributed by atoms with Crippen LogP contribution in [-0.2, 0) is 14.3 Å². The van der Waals surface area contributed by atoms with Gasteiger partial charge in [0.05, 0.1) is 18.9 Å². The quantitative estimate of drug-likeness (QED) is 0.0648. The molecule has 0 radical (unpaired) electrons. The Morgan fingerprint density at radius 1 is 0.611 bits per heavy atom. The summed E-state index contributed by atoms with van der Waals surface area (Å²) >= 11 is 0. The lowest BCUT2D eigenvalue weighted by atomic mass is 9.97. The maximum absolute atomic E-state index is 12.0. The van der Waals surface area contributed by atoms with Crippen molar-refractivity contribution in [2.75, 3.05) is 6.61 Å². The third kappa shape index (κ3) is 25.8. The summed E-state index contributed by atoms with van der Waals surface area (Å²) < 4.78 is 5.15. The van der Waals surface area contributed by atoms with E-state index in [-0.39, 0.29) is 12.4 Å². The van der Waals surface area contributed by atoms with E-state index in [1.807, 2.05) is 6.92 Å². The summed E-state index contributed by atoms with van der Waals surface area (Å²) in [5.41, 5.74) is 0. The Hall–Kier alpha value is -1.32. The molecule has 0 aromatic heterocycles. The van der Waals surface area contributed by atoms with Crippen LogP contribution in [0, 0.1) is 5.92 Å². The first-order chi connectivity index (χ1) is 17.6. The maximum atomic E-state index is 12.0. The Kier molecular flexibility index (Phi) is 27.2. The Morgan fingerprint density at radius 3 is 1.44 bits per heavy atom. The normalized spacial score (nSPS) is 12.3. The minimum atomic E-state index is -0.918. The van der Waals surface area contributed by atoms with Crippen molar-refractivity contribution in [2.24, 2.45) is 5.92 Å². The molecule has 0 fully saturated rings. The summed E-state index contributed by atoms with van der Waals surface area (Å²) in [6.45, 7) is 4.60. The summed E-state index contributed by atoms with van der Waals surface area (Å²) in [5.74, 6) is -1.75. The molecule has 0 saturated carbocycles. The van der Waals surface area contributed by atoms with Crippen molar-refractivity contribution in [1.82, 2.24) is 0 Å². The first kappa shape index (κ1) is 34.7. The van der Waals surface area contributed by atoms with Gasteiger partial charge in [0.1, 0.15) is 0 Å². The fraction of sp³-hybridized carbons (Fsp3) is 0.875. The molecule has 4 nitrogen and oxygen atoms in total. The summed E-state index contributed by atoms with van der Waals surface area (Å²) in [6, 6.07) is 0. The predicted molar refractivity (Wildman–Crippen MR) is 153 cm³/mol. The second-order valence-corrected chi connectivity index (χ2v) is 10.7. The van der Waals surface area contributed by atoms with Gasteiger partial charge in [-0.2, -0.15) is 0 Å². The molecular formula is C32H60O4. The fourth-order valence-electron chi connectivity index (χ4n) is 4.71. The number of hydrogen-bond acceptors (Lipinski definition) is 3. The second-order valence-electron chi connectivity index (χ2n) is 10.7. The molecule has 0 aromatic carbocycles. The number of esters is 1. The number of aliphatic carboxylic acids is 1. The zero-order valence-corrected chi connectivity index (χ0v) is 24.1. The zero-order valence-electron chi connectivity index (χ0n) is 24.1. The van der Waals surface area contributed by atoms with Gasteiger partial charge in [-0.1, -0.05) is 135 Å². The minimum Gasteiger partial charge on any atom is -0.481 e. The van der Waals surface area contributed by atoms with Crippen LogP contribution >= 0.6 is 0 Å². The molecule has 0 aliphatic heterocycles. The highest BCUT2D eigenvalue weighted by Crippen LogP contribution is 2.18. The lowest BCUT2D eigenvalue weighted by Gasteiger charge is -2.13. The van der Waals surface area contributed by atoms with E-state index in [4.69, 9.17) is 9.84 Å². The Balaban J connectivity index is 3.41. The zero-order chi connectivity index (χ0) is 26.5. The van der Waals surface area contributed by atoms with E-state index >= 15 is 0 Å². The molecule has 0 heterocycles. The van der Waals surface area contributed by atoms with E-state index in [9.17, 15) is 9.59 Å². The number of carbonyl (C=O) groups is 2. The molecule has 0 bridgehead atoms. The van der Waals surface area contributed by atoms with E-state index in [1.54, 1.807) is 0 Å². The topological polar surface area (TPSA) is 63.6 Å². The largest absolute Gasteiger partial charge is 0.481 e. The monoisotopic (exact) mass is 508 g/mol. The van der Waals surface area contributed by atoms with Crippen molar-refractivity contribution >= 4 is 11.9 Å². The van der Waals surface area contributed by atoms with Crippen LogP contribution in [0.2, 0.25) is 0 Å². The molecule has 0 saturated heterocycles. The van der Waals surface area contributed by atoms with E-state index in [0.717, 1.165) is 19.3 Å². The number of rotatable bonds is 28. The number of carboxylic acids is 1. The highest BCUT2D eigenvalue weighted by Gasteiger charge is 2.22. The summed E-state index contributed by atoms with van der Waals surface area (Å²) in [4.78, 5) is 23.0. The number of carboxylic acid groups (broad SMARTS) is 1. The molecule has 0 aromatic rings. The van der Waals surface area contributed by atoms with E-state index in [1.165, 1.54) is 122 Å². The van der Waals surface area contributed by atoms with Gasteiger partial charge < -0.3 is 9.84 Å². The third-order valence-corrected chi connectivity index (χ3v) is 7.02. The van der Waals surface area contributed by atoms with E-state index in [0.29, 0.717) is 13.0 Å². The van der Waals surface area contributed by atoms with Gasteiger partial charge in [0.25, 0.3) is 0 Å². The molecule has 0 amide bonds. The fourth-order valence-corrected chi connectivity index (χ4v) is 4.71. The average Bonchev–Trinajstić information content (AvgIpc) is 2.86. The number of unbranched alkanes of at least 4 members (excludes halogenated alkanes) is 19. The molecule has 4 heteroatoms. The van der Waals surface area contributed by atoms with Gasteiger partial charge in [-0.3, -0.25) is 9.59 Å². The Bertz CT molecular complexity index is 514. The third-order valence-electron chi connectivity index (χ3n) is 7.02. The van der Waals surface area contributed by atoms with Gasteiger partial charge in [0.2, 0.25) is 0 Å². The van der Waals surface area contributed by atoms with Crippen molar-refractivity contribution in [3.8, 4) is 0 Å². The van der Waals surface area contributed by atoms with Crippen molar-refractivity contribution in [3.05, 3.63) is 12.2 Å². The number of allylic oxidation sites excluding steroid dienone is 2. The van der Waals surface area contributed by atoms with E-state index in [2.05, 4.69) is 19.1 Å². The summed E-state index contributed by atoms with van der Waals surface area (Å²) in [6.07, 6.45) is 33.6. The summed E-state index contributed by atoms with van der Waals surface area (Å²) in [7, 11) is 0. The van der Waals surface area contributed by atoms with Crippen LogP contribution in [-0.4, -0.2) is 23.7 Å². The molecule has 0 aliphatic rings. The first-order valence-corrected chi connectivity index (χ1v) is 15.6. The van der Waals surface area contributed by atoms with Crippen LogP contribution in [0.3, 0.4) is 0 Å². The molecule has 0 spiro atoms. The van der Waals surface area contributed by atoms with Gasteiger partial charge in [-0.15, -0.1) is 0 Å². The minimum absolute atomic E-state index is 0.114. The van der Waals surface area contributed by atoms with Crippen LogP contribution in [0.1, 0.15) is 168 Å². The molecule has 0 rings (SSSR count). The highest BCUT2D eigenvalue weighted by molar-refractivity contribution is 5.79. The predicted octanol–water partition coefficient (Wildman–Crippen LogP) is 10.2. The van der Waals surface area contributed by atoms with Gasteiger partial charge in [-0.05, 0) is 38.5 Å². The van der Waals surface area contributed by atoms with Gasteiger partial charge in [0.15, 0.2) is 0 Å². The molecule has 212 valence electrons. The van der Waals surface area contributed by atoms with Crippen molar-refractivity contribution < 1.29 is 19.4 Å². The van der Waals surface area contributed by atoms with Gasteiger partial charge in [-0.25, -0.2) is 0 Å². The SMILES string of the molecule is CCCCCCCCCCCC/C=C/CCCCCCCCCCCC(CC(=O)O)C(=O)OCCC. The van der Waals surface area contributed by atoms with E-state index < -0.39 is 11.9 Å². The maximum Gasteiger partial charge on any atom is 0.309 e. The molecule has 1 N–H and O–H groups in total. The molecule has 0 aliphatic carbocycles. The Morgan fingerprint density at radius 2 is 1.03 bits per heavy atom. The number of hydrogen-bond donors (Lipinski definition) is 1. The second kappa shape index (κ2) is 28.3. The van der Waals surface area contributed by atoms with Crippen LogP contribution in [0.25, 0.3) is 0 Å². The standard InChI is InChI=1S/C32H60O4/c1-3-5-6-7-8-9-10-11-12-13-14-15-16-17-18-19-20-21-22-23-24-25-26-27-30(29-31(33)34)32(35)36-28-4-2/h15-16,30H,3-14,17-29H2,1-2H3,(H,33,34)/b16-15+. The van der Waals surface area contributed by atoms with Crippen LogP contribution < -0.4 is 0 Å². The average molecular weight is 509 g/mol. The molecule has 36 heavy (non-hydrogen) atoms. The number of carbonyl (C=O) groups excluding carboxylic acids is 1. The number of ether oxygens (including phenoxy) is 1. The van der Waals surface area contributed by atoms with Crippen LogP contribution in [0.5, 0.6) is 0 Å².